The minimum Gasteiger partial charge on any atom is -0.382 e. The van der Waals surface area contributed by atoms with Crippen LogP contribution >= 0.6 is 0 Å². The van der Waals surface area contributed by atoms with Gasteiger partial charge in [0, 0.05) is 12.7 Å². The highest BCUT2D eigenvalue weighted by atomic mass is 16.5. The van der Waals surface area contributed by atoms with Crippen molar-refractivity contribution in [3.05, 3.63) is 11.3 Å². The van der Waals surface area contributed by atoms with Crippen LogP contribution in [0.4, 0.5) is 5.82 Å². The van der Waals surface area contributed by atoms with E-state index in [1.54, 1.807) is 7.11 Å². The summed E-state index contributed by atoms with van der Waals surface area (Å²) in [7, 11) is 1.64. The van der Waals surface area contributed by atoms with Gasteiger partial charge in [0.05, 0.1) is 12.3 Å². The monoisotopic (exact) mass is 141 g/mol. The molecule has 10 heavy (non-hydrogen) atoms. The lowest BCUT2D eigenvalue weighted by molar-refractivity contribution is 0.181. The second kappa shape index (κ2) is 2.70. The summed E-state index contributed by atoms with van der Waals surface area (Å²) < 4.78 is 4.90. The fourth-order valence-electron chi connectivity index (χ4n) is 0.735. The minimum atomic E-state index is 0.538. The average molecular weight is 141 g/mol. The van der Waals surface area contributed by atoms with Crippen molar-refractivity contribution >= 4 is 5.82 Å². The topological polar surface area (TPSA) is 63.9 Å². The maximum Gasteiger partial charge on any atom is 0.148 e. The van der Waals surface area contributed by atoms with Gasteiger partial charge in [-0.2, -0.15) is 5.10 Å². The predicted molar refractivity (Wildman–Crippen MR) is 38.5 cm³/mol. The molecule has 0 aliphatic carbocycles. The maximum atomic E-state index is 5.47. The molecule has 0 aromatic carbocycles. The number of nitrogens with one attached hydrogen (secondary N) is 1. The van der Waals surface area contributed by atoms with E-state index in [4.69, 9.17) is 10.5 Å². The summed E-state index contributed by atoms with van der Waals surface area (Å²) in [5.74, 6) is 0.548. The van der Waals surface area contributed by atoms with Crippen molar-refractivity contribution in [3.63, 3.8) is 0 Å². The fraction of sp³-hybridized carbons (Fsp3) is 0.500. The van der Waals surface area contributed by atoms with Gasteiger partial charge in [0.15, 0.2) is 0 Å². The first-order chi connectivity index (χ1) is 4.75. The Morgan fingerprint density at radius 3 is 2.80 bits per heavy atom. The first kappa shape index (κ1) is 7.08. The third-order valence-electron chi connectivity index (χ3n) is 1.44. The molecule has 1 rings (SSSR count). The first-order valence-electron chi connectivity index (χ1n) is 3.04. The average Bonchev–Trinajstić information content (AvgIpc) is 2.20. The quantitative estimate of drug-likeness (QED) is 0.628. The van der Waals surface area contributed by atoms with E-state index in [-0.39, 0.29) is 0 Å². The van der Waals surface area contributed by atoms with Crippen LogP contribution in [0.15, 0.2) is 0 Å². The molecule has 0 saturated heterocycles. The Morgan fingerprint density at radius 2 is 2.40 bits per heavy atom. The summed E-state index contributed by atoms with van der Waals surface area (Å²) in [4.78, 5) is 0. The van der Waals surface area contributed by atoms with Gasteiger partial charge in [0.1, 0.15) is 5.82 Å². The number of hydrogen-bond acceptors (Lipinski definition) is 3. The number of aromatic amines is 1. The highest BCUT2D eigenvalue weighted by Crippen LogP contribution is 2.10. The standard InChI is InChI=1S/C6H11N3O/c1-4-5(3-10-2)8-9-6(4)7/h3H2,1-2H3,(H3,7,8,9). The van der Waals surface area contributed by atoms with Gasteiger partial charge in [0.25, 0.3) is 0 Å². The zero-order valence-corrected chi connectivity index (χ0v) is 6.14. The third kappa shape index (κ3) is 1.11. The van der Waals surface area contributed by atoms with Gasteiger partial charge in [-0.1, -0.05) is 0 Å². The smallest absolute Gasteiger partial charge is 0.148 e. The molecule has 0 amide bonds. The van der Waals surface area contributed by atoms with Gasteiger partial charge < -0.3 is 10.5 Å². The summed E-state index contributed by atoms with van der Waals surface area (Å²) >= 11 is 0. The lowest BCUT2D eigenvalue weighted by Crippen LogP contribution is -1.90. The van der Waals surface area contributed by atoms with Crippen LogP contribution in [0.25, 0.3) is 0 Å². The number of hydrogen-bond donors (Lipinski definition) is 2. The number of anilines is 1. The van der Waals surface area contributed by atoms with E-state index in [1.165, 1.54) is 0 Å². The summed E-state index contributed by atoms with van der Waals surface area (Å²) in [6.07, 6.45) is 0. The number of aromatic nitrogens is 2. The van der Waals surface area contributed by atoms with E-state index in [0.29, 0.717) is 12.4 Å². The van der Waals surface area contributed by atoms with Crippen molar-refractivity contribution < 1.29 is 4.74 Å². The molecule has 0 fully saturated rings. The SMILES string of the molecule is COCc1[nH]nc(N)c1C. The molecular weight excluding hydrogens is 130 g/mol. The summed E-state index contributed by atoms with van der Waals surface area (Å²) in [6.45, 7) is 2.45. The lowest BCUT2D eigenvalue weighted by atomic mass is 10.3. The lowest BCUT2D eigenvalue weighted by Gasteiger charge is -1.94. The minimum absolute atomic E-state index is 0.538. The van der Waals surface area contributed by atoms with Gasteiger partial charge >= 0.3 is 0 Å². The molecule has 0 saturated carbocycles. The second-order valence-electron chi connectivity index (χ2n) is 2.15. The van der Waals surface area contributed by atoms with Gasteiger partial charge in [-0.05, 0) is 6.92 Å². The number of nitrogens with zero attached hydrogens (tertiary/aromatic N) is 1. The number of H-pyrrole nitrogens is 1. The Balaban J connectivity index is 2.83. The molecule has 4 heteroatoms. The molecule has 1 aromatic rings. The number of ether oxygens (including phenoxy) is 1. The number of nitrogens with two attached hydrogens (primary N) is 1. The molecule has 3 N–H and O–H groups in total. The molecule has 1 aromatic heterocycles. The van der Waals surface area contributed by atoms with Crippen LogP contribution in [-0.4, -0.2) is 17.3 Å². The summed E-state index contributed by atoms with van der Waals surface area (Å²) in [5, 5.41) is 6.58. The second-order valence-corrected chi connectivity index (χ2v) is 2.15. The van der Waals surface area contributed by atoms with Crippen LogP contribution in [0.1, 0.15) is 11.3 Å². The van der Waals surface area contributed by atoms with E-state index in [0.717, 1.165) is 11.3 Å². The van der Waals surface area contributed by atoms with Gasteiger partial charge in [0.2, 0.25) is 0 Å². The largest absolute Gasteiger partial charge is 0.382 e. The van der Waals surface area contributed by atoms with Crippen molar-refractivity contribution in [2.45, 2.75) is 13.5 Å². The van der Waals surface area contributed by atoms with Gasteiger partial charge in [-0.3, -0.25) is 5.10 Å². The van der Waals surface area contributed by atoms with E-state index < -0.39 is 0 Å². The van der Waals surface area contributed by atoms with Crippen LogP contribution in [0.3, 0.4) is 0 Å². The molecule has 4 nitrogen and oxygen atoms in total. The van der Waals surface area contributed by atoms with Crippen LogP contribution < -0.4 is 5.73 Å². The number of rotatable bonds is 2. The van der Waals surface area contributed by atoms with Crippen molar-refractivity contribution in [1.82, 2.24) is 10.2 Å². The van der Waals surface area contributed by atoms with E-state index in [1.807, 2.05) is 6.92 Å². The van der Waals surface area contributed by atoms with E-state index in [9.17, 15) is 0 Å². The Bertz CT molecular complexity index is 219. The van der Waals surface area contributed by atoms with Crippen LogP contribution in [0.5, 0.6) is 0 Å². The highest BCUT2D eigenvalue weighted by molar-refractivity contribution is 5.40. The van der Waals surface area contributed by atoms with Gasteiger partial charge in [-0.15, -0.1) is 0 Å². The molecule has 0 bridgehead atoms. The maximum absolute atomic E-state index is 5.47. The van der Waals surface area contributed by atoms with E-state index in [2.05, 4.69) is 10.2 Å². The highest BCUT2D eigenvalue weighted by Gasteiger charge is 2.03. The number of nitrogen functional groups attached to an aromatic ring is 1. The van der Waals surface area contributed by atoms with Crippen molar-refractivity contribution in [2.24, 2.45) is 0 Å². The molecule has 56 valence electrons. The normalized spacial score (nSPS) is 10.2. The molecule has 0 spiro atoms. The Labute approximate surface area is 59.4 Å². The Hall–Kier alpha value is -1.03. The Kier molecular flexibility index (Phi) is 1.91. The summed E-state index contributed by atoms with van der Waals surface area (Å²) in [5.41, 5.74) is 7.39. The number of methoxy groups -OCH3 is 1. The molecule has 0 radical (unpaired) electrons. The fourth-order valence-corrected chi connectivity index (χ4v) is 0.735. The zero-order chi connectivity index (χ0) is 7.56. The zero-order valence-electron chi connectivity index (χ0n) is 6.14. The van der Waals surface area contributed by atoms with Crippen LogP contribution in [0.2, 0.25) is 0 Å². The van der Waals surface area contributed by atoms with Crippen LogP contribution in [-0.2, 0) is 11.3 Å². The van der Waals surface area contributed by atoms with E-state index >= 15 is 0 Å². The van der Waals surface area contributed by atoms with Gasteiger partial charge in [-0.25, -0.2) is 0 Å². The van der Waals surface area contributed by atoms with Crippen molar-refractivity contribution in [2.75, 3.05) is 12.8 Å². The predicted octanol–water partition coefficient (Wildman–Crippen LogP) is 0.447. The Morgan fingerprint density at radius 1 is 1.70 bits per heavy atom. The first-order valence-corrected chi connectivity index (χ1v) is 3.04. The third-order valence-corrected chi connectivity index (χ3v) is 1.44. The molecule has 0 unspecified atom stereocenters. The molecule has 0 aliphatic heterocycles. The van der Waals surface area contributed by atoms with Crippen molar-refractivity contribution in [1.29, 1.82) is 0 Å². The van der Waals surface area contributed by atoms with Crippen molar-refractivity contribution in [3.8, 4) is 0 Å². The summed E-state index contributed by atoms with van der Waals surface area (Å²) in [6, 6.07) is 0. The molecule has 0 aliphatic rings. The molecular formula is C6H11N3O. The van der Waals surface area contributed by atoms with Crippen LogP contribution in [0, 0.1) is 6.92 Å². The molecule has 0 atom stereocenters. The molecule has 1 heterocycles.